The molecule has 138 valence electrons. The van der Waals surface area contributed by atoms with E-state index >= 15 is 0 Å². The Morgan fingerprint density at radius 1 is 1.23 bits per heavy atom. The molecule has 0 N–H and O–H groups in total. The summed E-state index contributed by atoms with van der Waals surface area (Å²) in [5.74, 6) is 0.794. The van der Waals surface area contributed by atoms with Crippen molar-refractivity contribution >= 4 is 17.4 Å². The topological polar surface area (TPSA) is 49.3 Å². The zero-order valence-corrected chi connectivity index (χ0v) is 16.0. The van der Waals surface area contributed by atoms with Crippen LogP contribution >= 0.6 is 0 Å². The first-order chi connectivity index (χ1) is 12.6. The van der Waals surface area contributed by atoms with Crippen LogP contribution in [0, 0.1) is 6.92 Å². The summed E-state index contributed by atoms with van der Waals surface area (Å²) in [7, 11) is 0. The van der Waals surface area contributed by atoms with Crippen LogP contribution in [0.2, 0.25) is 0 Å². The largest absolute Gasteiger partial charge is 0.334 e. The van der Waals surface area contributed by atoms with Crippen LogP contribution in [0.25, 0.3) is 0 Å². The molecule has 5 heteroatoms. The van der Waals surface area contributed by atoms with Gasteiger partial charge in [-0.3, -0.25) is 4.79 Å². The normalized spacial score (nSPS) is 17.2. The van der Waals surface area contributed by atoms with E-state index in [0.29, 0.717) is 11.7 Å². The van der Waals surface area contributed by atoms with Crippen molar-refractivity contribution in [2.24, 2.45) is 0 Å². The van der Waals surface area contributed by atoms with Gasteiger partial charge in [-0.15, -0.1) is 0 Å². The first-order valence-electron chi connectivity index (χ1n) is 9.61. The number of benzene rings is 1. The molecule has 0 spiro atoms. The van der Waals surface area contributed by atoms with Gasteiger partial charge in [0.25, 0.3) is 5.91 Å². The third kappa shape index (κ3) is 3.87. The predicted octanol–water partition coefficient (Wildman–Crippen LogP) is 4.35. The van der Waals surface area contributed by atoms with Crippen LogP contribution in [0.4, 0.5) is 11.5 Å². The summed E-state index contributed by atoms with van der Waals surface area (Å²) in [5.41, 5.74) is 2.76. The molecule has 5 nitrogen and oxygen atoms in total. The van der Waals surface area contributed by atoms with Crippen molar-refractivity contribution < 1.29 is 4.79 Å². The Morgan fingerprint density at radius 2 is 2.08 bits per heavy atom. The number of aryl methyl sites for hydroxylation is 1. The van der Waals surface area contributed by atoms with Crippen molar-refractivity contribution in [2.75, 3.05) is 18.0 Å². The highest BCUT2D eigenvalue weighted by molar-refractivity contribution is 5.93. The van der Waals surface area contributed by atoms with E-state index in [0.717, 1.165) is 43.9 Å². The second-order valence-corrected chi connectivity index (χ2v) is 6.90. The lowest BCUT2D eigenvalue weighted by Gasteiger charge is -2.35. The number of carbonyl (C=O) groups excluding carboxylic acids is 1. The fraction of sp³-hybridized carbons (Fsp3) is 0.476. The van der Waals surface area contributed by atoms with Crippen LogP contribution in [-0.2, 0) is 0 Å². The number of likely N-dealkylation sites (tertiary alicyclic amines) is 1. The van der Waals surface area contributed by atoms with Crippen molar-refractivity contribution in [1.29, 1.82) is 0 Å². The van der Waals surface area contributed by atoms with Crippen LogP contribution in [0.3, 0.4) is 0 Å². The molecule has 0 bridgehead atoms. The first kappa shape index (κ1) is 18.4. The minimum atomic E-state index is 0.0282. The van der Waals surface area contributed by atoms with Gasteiger partial charge in [0, 0.05) is 30.9 Å². The monoisotopic (exact) mass is 352 g/mol. The summed E-state index contributed by atoms with van der Waals surface area (Å²) in [6.07, 6.45) is 5.86. The first-order valence-corrected chi connectivity index (χ1v) is 9.61. The van der Waals surface area contributed by atoms with E-state index < -0.39 is 0 Å². The Labute approximate surface area is 156 Å². The Morgan fingerprint density at radius 3 is 2.81 bits per heavy atom. The molecule has 1 atom stereocenters. The number of rotatable bonds is 5. The molecule has 0 radical (unpaired) electrons. The van der Waals surface area contributed by atoms with Gasteiger partial charge in [0.1, 0.15) is 17.8 Å². The maximum absolute atomic E-state index is 13.0. The number of piperidine rings is 1. The molecule has 1 aromatic carbocycles. The molecule has 1 saturated heterocycles. The van der Waals surface area contributed by atoms with E-state index in [1.54, 1.807) is 0 Å². The minimum Gasteiger partial charge on any atom is -0.334 e. The second-order valence-electron chi connectivity index (χ2n) is 6.90. The summed E-state index contributed by atoms with van der Waals surface area (Å²) >= 11 is 0. The fourth-order valence-electron chi connectivity index (χ4n) is 3.72. The smallest absolute Gasteiger partial charge is 0.272 e. The van der Waals surface area contributed by atoms with Crippen molar-refractivity contribution in [3.05, 3.63) is 47.9 Å². The zero-order valence-electron chi connectivity index (χ0n) is 16.0. The van der Waals surface area contributed by atoms with Crippen molar-refractivity contribution in [2.45, 2.75) is 52.5 Å². The van der Waals surface area contributed by atoms with Crippen LogP contribution in [0.5, 0.6) is 0 Å². The Balaban J connectivity index is 1.88. The van der Waals surface area contributed by atoms with Gasteiger partial charge in [-0.25, -0.2) is 9.97 Å². The highest BCUT2D eigenvalue weighted by atomic mass is 16.2. The maximum Gasteiger partial charge on any atom is 0.272 e. The number of anilines is 2. The van der Waals surface area contributed by atoms with E-state index in [1.165, 1.54) is 18.3 Å². The van der Waals surface area contributed by atoms with E-state index in [1.807, 2.05) is 17.0 Å². The summed E-state index contributed by atoms with van der Waals surface area (Å²) in [5, 5.41) is 0. The molecule has 2 heterocycles. The van der Waals surface area contributed by atoms with Crippen molar-refractivity contribution in [3.63, 3.8) is 0 Å². The molecule has 1 aromatic heterocycles. The Hall–Kier alpha value is -2.43. The maximum atomic E-state index is 13.0. The number of carbonyl (C=O) groups is 1. The number of hydrogen-bond donors (Lipinski definition) is 0. The van der Waals surface area contributed by atoms with Gasteiger partial charge in [0.2, 0.25) is 0 Å². The molecule has 26 heavy (non-hydrogen) atoms. The van der Waals surface area contributed by atoms with Gasteiger partial charge >= 0.3 is 0 Å². The third-order valence-electron chi connectivity index (χ3n) is 5.14. The lowest BCUT2D eigenvalue weighted by Crippen LogP contribution is -2.43. The SMILES string of the molecule is CCC1CCCCN1C(=O)c1cc(N(CC)c2cccc(C)c2)ncn1. The lowest BCUT2D eigenvalue weighted by atomic mass is 9.99. The molecule has 1 unspecified atom stereocenters. The predicted molar refractivity (Wildman–Crippen MR) is 105 cm³/mol. The molecule has 1 fully saturated rings. The molecule has 1 aliphatic rings. The number of nitrogens with zero attached hydrogens (tertiary/aromatic N) is 4. The molecule has 3 rings (SSSR count). The van der Waals surface area contributed by atoms with Crippen molar-refractivity contribution in [1.82, 2.24) is 14.9 Å². The molecule has 1 amide bonds. The van der Waals surface area contributed by atoms with Crippen LogP contribution in [-0.4, -0.2) is 39.9 Å². The molecular formula is C21H28N4O. The van der Waals surface area contributed by atoms with E-state index in [2.05, 4.69) is 53.8 Å². The molecule has 2 aromatic rings. The fourth-order valence-corrected chi connectivity index (χ4v) is 3.72. The average Bonchev–Trinajstić information content (AvgIpc) is 2.68. The summed E-state index contributed by atoms with van der Waals surface area (Å²) < 4.78 is 0. The number of hydrogen-bond acceptors (Lipinski definition) is 4. The third-order valence-corrected chi connectivity index (χ3v) is 5.14. The van der Waals surface area contributed by atoms with Gasteiger partial charge in [-0.1, -0.05) is 19.1 Å². The summed E-state index contributed by atoms with van der Waals surface area (Å²) in [6, 6.07) is 10.5. The van der Waals surface area contributed by atoms with Gasteiger partial charge in [-0.05, 0) is 57.2 Å². The van der Waals surface area contributed by atoms with Gasteiger partial charge < -0.3 is 9.80 Å². The van der Waals surface area contributed by atoms with Gasteiger partial charge in [0.15, 0.2) is 0 Å². The van der Waals surface area contributed by atoms with E-state index in [9.17, 15) is 4.79 Å². The second kappa shape index (κ2) is 8.30. The van der Waals surface area contributed by atoms with E-state index in [4.69, 9.17) is 0 Å². The quantitative estimate of drug-likeness (QED) is 0.803. The highest BCUT2D eigenvalue weighted by Gasteiger charge is 2.27. The van der Waals surface area contributed by atoms with Crippen LogP contribution in [0.1, 0.15) is 55.6 Å². The van der Waals surface area contributed by atoms with Crippen molar-refractivity contribution in [3.8, 4) is 0 Å². The summed E-state index contributed by atoms with van der Waals surface area (Å²) in [4.78, 5) is 25.9. The molecule has 1 aliphatic heterocycles. The Kier molecular flexibility index (Phi) is 5.86. The minimum absolute atomic E-state index is 0.0282. The highest BCUT2D eigenvalue weighted by Crippen LogP contribution is 2.26. The zero-order chi connectivity index (χ0) is 18.5. The summed E-state index contributed by atoms with van der Waals surface area (Å²) in [6.45, 7) is 7.91. The average molecular weight is 352 g/mol. The standard InChI is InChI=1S/C21H28N4O/c1-4-17-10-6-7-12-25(17)21(26)19-14-20(23-15-22-19)24(5-2)18-11-8-9-16(3)13-18/h8-9,11,13-15,17H,4-7,10,12H2,1-3H3. The molecule has 0 saturated carbocycles. The molecular weight excluding hydrogens is 324 g/mol. The van der Waals surface area contributed by atoms with E-state index in [-0.39, 0.29) is 5.91 Å². The molecule has 0 aliphatic carbocycles. The van der Waals surface area contributed by atoms with Crippen LogP contribution in [0.15, 0.2) is 36.7 Å². The number of amides is 1. The van der Waals surface area contributed by atoms with Crippen LogP contribution < -0.4 is 4.90 Å². The Bertz CT molecular complexity index is 761. The lowest BCUT2D eigenvalue weighted by molar-refractivity contribution is 0.0602. The van der Waals surface area contributed by atoms with Gasteiger partial charge in [-0.2, -0.15) is 0 Å². The number of aromatic nitrogens is 2. The van der Waals surface area contributed by atoms with Gasteiger partial charge in [0.05, 0.1) is 0 Å².